The summed E-state index contributed by atoms with van der Waals surface area (Å²) in [5, 5.41) is 11.3. The van der Waals surface area contributed by atoms with Gasteiger partial charge in [0.15, 0.2) is 0 Å². The van der Waals surface area contributed by atoms with Crippen LogP contribution in [-0.4, -0.2) is 23.5 Å². The smallest absolute Gasteiger partial charge is 0.315 e. The number of amides is 1. The molecule has 4 nitrogen and oxygen atoms in total. The molecule has 0 aliphatic heterocycles. The van der Waals surface area contributed by atoms with Gasteiger partial charge in [-0.15, -0.1) is 0 Å². The molecule has 0 saturated heterocycles. The lowest BCUT2D eigenvalue weighted by atomic mass is 9.84. The number of nitrogens with one attached hydrogen (secondary N) is 1. The third kappa shape index (κ3) is 7.77. The largest absolute Gasteiger partial charge is 0.481 e. The topological polar surface area (TPSA) is 66.4 Å². The van der Waals surface area contributed by atoms with Gasteiger partial charge in [0, 0.05) is 6.54 Å². The van der Waals surface area contributed by atoms with Crippen LogP contribution in [0, 0.1) is 17.3 Å². The zero-order chi connectivity index (χ0) is 13.6. The minimum atomic E-state index is -1.08. The van der Waals surface area contributed by atoms with Gasteiger partial charge in [-0.1, -0.05) is 27.7 Å². The molecule has 0 bridgehead atoms. The van der Waals surface area contributed by atoms with Crippen LogP contribution in [0.3, 0.4) is 0 Å². The van der Waals surface area contributed by atoms with Crippen molar-refractivity contribution in [1.82, 2.24) is 5.32 Å². The molecular weight excluding hydrogens is 218 g/mol. The van der Waals surface area contributed by atoms with Crippen LogP contribution >= 0.6 is 0 Å². The second-order valence-corrected chi connectivity index (χ2v) is 6.01. The molecule has 0 spiro atoms. The van der Waals surface area contributed by atoms with Crippen LogP contribution in [0.2, 0.25) is 0 Å². The Morgan fingerprint density at radius 1 is 1.24 bits per heavy atom. The Balaban J connectivity index is 3.85. The lowest BCUT2D eigenvalue weighted by Gasteiger charge is -2.23. The molecule has 0 radical (unpaired) electrons. The molecule has 2 atom stereocenters. The number of carboxylic acids is 1. The Bertz CT molecular complexity index is 268. The van der Waals surface area contributed by atoms with E-state index in [1.807, 2.05) is 0 Å². The number of carbonyl (C=O) groups excluding carboxylic acids is 1. The molecule has 0 heterocycles. The molecule has 0 aromatic heterocycles. The Labute approximate surface area is 104 Å². The van der Waals surface area contributed by atoms with E-state index in [-0.39, 0.29) is 5.41 Å². The van der Waals surface area contributed by atoms with Gasteiger partial charge in [0.25, 0.3) is 0 Å². The molecule has 0 aliphatic rings. The second kappa shape index (κ2) is 6.62. The highest BCUT2D eigenvalue weighted by molar-refractivity contribution is 5.96. The van der Waals surface area contributed by atoms with Gasteiger partial charge >= 0.3 is 5.97 Å². The van der Waals surface area contributed by atoms with E-state index in [0.29, 0.717) is 12.5 Å². The molecule has 0 aromatic carbocycles. The first-order valence-corrected chi connectivity index (χ1v) is 6.14. The molecule has 0 fully saturated rings. The van der Waals surface area contributed by atoms with Gasteiger partial charge < -0.3 is 10.4 Å². The van der Waals surface area contributed by atoms with Crippen LogP contribution in [0.15, 0.2) is 0 Å². The summed E-state index contributed by atoms with van der Waals surface area (Å²) in [5.74, 6) is -1.92. The first kappa shape index (κ1) is 15.9. The summed E-state index contributed by atoms with van der Waals surface area (Å²) in [5.41, 5.74) is 0.289. The van der Waals surface area contributed by atoms with Crippen LogP contribution in [-0.2, 0) is 9.59 Å². The van der Waals surface area contributed by atoms with Crippen molar-refractivity contribution in [1.29, 1.82) is 0 Å². The molecule has 2 N–H and O–H groups in total. The van der Waals surface area contributed by atoms with Crippen molar-refractivity contribution < 1.29 is 14.7 Å². The number of carboxylic acid groups (broad SMARTS) is 1. The summed E-state index contributed by atoms with van der Waals surface area (Å²) in [6.45, 7) is 10.7. The second-order valence-electron chi connectivity index (χ2n) is 6.01. The average Bonchev–Trinajstić information content (AvgIpc) is 2.13. The van der Waals surface area contributed by atoms with Crippen molar-refractivity contribution in [3.8, 4) is 0 Å². The fourth-order valence-electron chi connectivity index (χ4n) is 1.85. The number of aliphatic carboxylic acids is 1. The normalized spacial score (nSPS) is 15.1. The van der Waals surface area contributed by atoms with Crippen LogP contribution in [0.5, 0.6) is 0 Å². The van der Waals surface area contributed by atoms with Gasteiger partial charge in [-0.3, -0.25) is 9.59 Å². The van der Waals surface area contributed by atoms with Crippen LogP contribution in [0.25, 0.3) is 0 Å². The zero-order valence-electron chi connectivity index (χ0n) is 11.5. The first-order chi connectivity index (χ1) is 7.63. The third-order valence-electron chi connectivity index (χ3n) is 2.66. The minimum absolute atomic E-state index is 0.289. The Morgan fingerprint density at radius 2 is 1.76 bits per heavy atom. The standard InChI is InChI=1S/C13H25NO3/c1-9(8-13(3,4)5)6-7-14-11(15)10(2)12(16)17/h9-10H,6-8H2,1-5H3,(H,14,15)(H,16,17). The number of rotatable bonds is 6. The summed E-state index contributed by atoms with van der Waals surface area (Å²) >= 11 is 0. The van der Waals surface area contributed by atoms with Crippen LogP contribution in [0.4, 0.5) is 0 Å². The quantitative estimate of drug-likeness (QED) is 0.703. The van der Waals surface area contributed by atoms with E-state index in [1.165, 1.54) is 6.92 Å². The van der Waals surface area contributed by atoms with E-state index in [1.54, 1.807) is 0 Å². The summed E-state index contributed by atoms with van der Waals surface area (Å²) in [6.07, 6.45) is 1.98. The lowest BCUT2D eigenvalue weighted by molar-refractivity contribution is -0.146. The Morgan fingerprint density at radius 3 is 2.18 bits per heavy atom. The number of hydrogen-bond donors (Lipinski definition) is 2. The molecule has 17 heavy (non-hydrogen) atoms. The molecule has 4 heteroatoms. The molecule has 100 valence electrons. The van der Waals surface area contributed by atoms with Gasteiger partial charge in [-0.05, 0) is 31.1 Å². The highest BCUT2D eigenvalue weighted by Gasteiger charge is 2.20. The predicted octanol–water partition coefficient (Wildman–Crippen LogP) is 2.29. The van der Waals surface area contributed by atoms with Crippen molar-refractivity contribution in [2.45, 2.75) is 47.5 Å². The summed E-state index contributed by atoms with van der Waals surface area (Å²) < 4.78 is 0. The van der Waals surface area contributed by atoms with Crippen molar-refractivity contribution >= 4 is 11.9 Å². The maximum absolute atomic E-state index is 11.4. The maximum Gasteiger partial charge on any atom is 0.315 e. The average molecular weight is 243 g/mol. The van der Waals surface area contributed by atoms with E-state index >= 15 is 0 Å². The monoisotopic (exact) mass is 243 g/mol. The summed E-state index contributed by atoms with van der Waals surface area (Å²) in [7, 11) is 0. The van der Waals surface area contributed by atoms with Crippen LogP contribution in [0.1, 0.15) is 47.5 Å². The highest BCUT2D eigenvalue weighted by Crippen LogP contribution is 2.25. The van der Waals surface area contributed by atoms with Gasteiger partial charge in [-0.2, -0.15) is 0 Å². The number of carbonyl (C=O) groups is 2. The fourth-order valence-corrected chi connectivity index (χ4v) is 1.85. The van der Waals surface area contributed by atoms with Gasteiger partial charge in [0.1, 0.15) is 5.92 Å². The molecule has 0 rings (SSSR count). The summed E-state index contributed by atoms with van der Waals surface area (Å²) in [6, 6.07) is 0. The molecule has 0 aromatic rings. The predicted molar refractivity (Wildman–Crippen MR) is 67.7 cm³/mol. The first-order valence-electron chi connectivity index (χ1n) is 6.14. The van der Waals surface area contributed by atoms with Gasteiger partial charge in [-0.25, -0.2) is 0 Å². The van der Waals surface area contributed by atoms with Gasteiger partial charge in [0.05, 0.1) is 0 Å². The molecule has 1 amide bonds. The summed E-state index contributed by atoms with van der Waals surface area (Å²) in [4.78, 5) is 21.9. The van der Waals surface area contributed by atoms with Crippen molar-refractivity contribution in [3.63, 3.8) is 0 Å². The Kier molecular flexibility index (Phi) is 6.21. The SMILES string of the molecule is CC(CCNC(=O)C(C)C(=O)O)CC(C)(C)C. The highest BCUT2D eigenvalue weighted by atomic mass is 16.4. The molecule has 0 aliphatic carbocycles. The molecular formula is C13H25NO3. The third-order valence-corrected chi connectivity index (χ3v) is 2.66. The van der Waals surface area contributed by atoms with E-state index < -0.39 is 17.8 Å². The molecule has 0 saturated carbocycles. The van der Waals surface area contributed by atoms with E-state index in [9.17, 15) is 9.59 Å². The minimum Gasteiger partial charge on any atom is -0.481 e. The fraction of sp³-hybridized carbons (Fsp3) is 0.846. The zero-order valence-corrected chi connectivity index (χ0v) is 11.5. The van der Waals surface area contributed by atoms with Crippen molar-refractivity contribution in [3.05, 3.63) is 0 Å². The van der Waals surface area contributed by atoms with E-state index in [4.69, 9.17) is 5.11 Å². The van der Waals surface area contributed by atoms with Crippen molar-refractivity contribution in [2.75, 3.05) is 6.54 Å². The Hall–Kier alpha value is -1.06. The lowest BCUT2D eigenvalue weighted by Crippen LogP contribution is -2.34. The molecule has 2 unspecified atom stereocenters. The maximum atomic E-state index is 11.4. The number of hydrogen-bond acceptors (Lipinski definition) is 2. The van der Waals surface area contributed by atoms with Crippen LogP contribution < -0.4 is 5.32 Å². The van der Waals surface area contributed by atoms with E-state index in [2.05, 4.69) is 33.0 Å². The van der Waals surface area contributed by atoms with Gasteiger partial charge in [0.2, 0.25) is 5.91 Å². The van der Waals surface area contributed by atoms with Crippen molar-refractivity contribution in [2.24, 2.45) is 17.3 Å². The van der Waals surface area contributed by atoms with E-state index in [0.717, 1.165) is 12.8 Å².